The Hall–Kier alpha value is -0.960. The Balaban J connectivity index is 2.19. The Labute approximate surface area is 128 Å². The molecule has 7 nitrogen and oxygen atoms in total. The van der Waals surface area contributed by atoms with Crippen LogP contribution in [0.5, 0.6) is 0 Å². The van der Waals surface area contributed by atoms with Crippen LogP contribution in [0.4, 0.5) is 4.79 Å². The first-order chi connectivity index (χ1) is 9.86. The maximum atomic E-state index is 12.6. The summed E-state index contributed by atoms with van der Waals surface area (Å²) in [6, 6.07) is -0.518. The second-order valence-electron chi connectivity index (χ2n) is 5.21. The topological polar surface area (TPSA) is 95.0 Å². The molecule has 1 aliphatic carbocycles. The number of hydrogen-bond acceptors (Lipinski definition) is 5. The van der Waals surface area contributed by atoms with Gasteiger partial charge in [-0.25, -0.2) is 13.2 Å². The summed E-state index contributed by atoms with van der Waals surface area (Å²) >= 11 is 1.51. The molecule has 1 atom stereocenters. The van der Waals surface area contributed by atoms with E-state index in [1.807, 2.05) is 0 Å². The zero-order chi connectivity index (χ0) is 15.6. The van der Waals surface area contributed by atoms with Crippen molar-refractivity contribution in [3.05, 3.63) is 0 Å². The number of amides is 2. The number of hydrogen-bond donors (Lipinski definition) is 1. The van der Waals surface area contributed by atoms with E-state index in [-0.39, 0.29) is 18.3 Å². The number of thioether (sulfide) groups is 1. The first kappa shape index (κ1) is 16.4. The zero-order valence-electron chi connectivity index (χ0n) is 11.9. The Kier molecular flexibility index (Phi) is 5.03. The molecular weight excluding hydrogens is 316 g/mol. The van der Waals surface area contributed by atoms with E-state index in [2.05, 4.69) is 0 Å². The number of nitrogens with zero attached hydrogens (tertiary/aromatic N) is 2. The summed E-state index contributed by atoms with van der Waals surface area (Å²) in [5.41, 5.74) is 0. The van der Waals surface area contributed by atoms with Crippen molar-refractivity contribution in [2.24, 2.45) is 0 Å². The predicted molar refractivity (Wildman–Crippen MR) is 80.0 cm³/mol. The average molecular weight is 336 g/mol. The third-order valence-corrected chi connectivity index (χ3v) is 6.97. The summed E-state index contributed by atoms with van der Waals surface area (Å²) in [5.74, 6) is -0.0678. The molecule has 2 amide bonds. The second kappa shape index (κ2) is 6.43. The maximum Gasteiger partial charge on any atom is 0.323 e. The molecule has 1 unspecified atom stereocenters. The minimum Gasteiger partial charge on any atom is -0.480 e. The van der Waals surface area contributed by atoms with Gasteiger partial charge in [0.1, 0.15) is 11.9 Å². The smallest absolute Gasteiger partial charge is 0.323 e. The van der Waals surface area contributed by atoms with Crippen LogP contribution in [0.1, 0.15) is 19.8 Å². The van der Waals surface area contributed by atoms with Crippen molar-refractivity contribution in [1.29, 1.82) is 0 Å². The van der Waals surface area contributed by atoms with E-state index in [0.717, 1.165) is 12.8 Å². The Bertz CT molecular complexity index is 518. The summed E-state index contributed by atoms with van der Waals surface area (Å²) in [6.07, 6.45) is 1.57. The highest BCUT2D eigenvalue weighted by atomic mass is 32.2. The number of carbonyl (C=O) groups is 2. The van der Waals surface area contributed by atoms with Gasteiger partial charge in [-0.05, 0) is 12.8 Å². The summed E-state index contributed by atoms with van der Waals surface area (Å²) < 4.78 is 24.3. The van der Waals surface area contributed by atoms with Gasteiger partial charge in [-0.2, -0.15) is 11.8 Å². The molecule has 9 heteroatoms. The number of aliphatic carboxylic acids is 1. The molecule has 2 rings (SSSR count). The van der Waals surface area contributed by atoms with Crippen molar-refractivity contribution in [1.82, 2.24) is 9.80 Å². The molecule has 0 aromatic heterocycles. The quantitative estimate of drug-likeness (QED) is 0.784. The van der Waals surface area contributed by atoms with Crippen molar-refractivity contribution in [2.75, 3.05) is 30.3 Å². The summed E-state index contributed by atoms with van der Waals surface area (Å²) in [6.45, 7) is 1.54. The number of carboxylic acid groups (broad SMARTS) is 1. The molecule has 0 aromatic rings. The van der Waals surface area contributed by atoms with Gasteiger partial charge in [-0.1, -0.05) is 6.92 Å². The van der Waals surface area contributed by atoms with Crippen LogP contribution < -0.4 is 0 Å². The molecule has 1 N–H and O–H groups in total. The molecular formula is C12H20N2O5S2. The molecule has 21 heavy (non-hydrogen) atoms. The minimum atomic E-state index is -3.37. The molecule has 0 radical (unpaired) electrons. The first-order valence-corrected chi connectivity index (χ1v) is 9.82. The van der Waals surface area contributed by atoms with Crippen molar-refractivity contribution in [3.63, 3.8) is 0 Å². The van der Waals surface area contributed by atoms with Crippen LogP contribution >= 0.6 is 11.8 Å². The Morgan fingerprint density at radius 2 is 2.05 bits per heavy atom. The van der Waals surface area contributed by atoms with Crippen LogP contribution in [0.15, 0.2) is 0 Å². The number of sulfone groups is 1. The molecule has 1 aliphatic heterocycles. The molecule has 2 fully saturated rings. The normalized spacial score (nSPS) is 22.9. The fraction of sp³-hybridized carbons (Fsp3) is 0.833. The lowest BCUT2D eigenvalue weighted by molar-refractivity contribution is -0.137. The van der Waals surface area contributed by atoms with Gasteiger partial charge in [0.15, 0.2) is 9.84 Å². The monoisotopic (exact) mass is 336 g/mol. The van der Waals surface area contributed by atoms with E-state index in [4.69, 9.17) is 5.11 Å². The molecule has 0 aromatic carbocycles. The minimum absolute atomic E-state index is 0.0234. The van der Waals surface area contributed by atoms with Gasteiger partial charge in [0.25, 0.3) is 0 Å². The van der Waals surface area contributed by atoms with E-state index < -0.39 is 27.2 Å². The zero-order valence-corrected chi connectivity index (χ0v) is 13.5. The van der Waals surface area contributed by atoms with Gasteiger partial charge in [-0.15, -0.1) is 0 Å². The van der Waals surface area contributed by atoms with Gasteiger partial charge in [-0.3, -0.25) is 4.79 Å². The third kappa shape index (κ3) is 3.82. The number of urea groups is 1. The largest absolute Gasteiger partial charge is 0.480 e. The summed E-state index contributed by atoms with van der Waals surface area (Å²) in [4.78, 5) is 26.2. The number of rotatable bonds is 5. The lowest BCUT2D eigenvalue weighted by atomic mass is 10.4. The standard InChI is InChI=1S/C12H20N2O5S2/c1-2-21(18,19)10-8-20-6-5-13(10)12(17)14(7-11(15)16)9-3-4-9/h9-10H,2-8H2,1H3,(H,15,16). The van der Waals surface area contributed by atoms with Crippen LogP contribution in [0.2, 0.25) is 0 Å². The second-order valence-corrected chi connectivity index (χ2v) is 8.81. The van der Waals surface area contributed by atoms with E-state index in [1.54, 1.807) is 6.92 Å². The van der Waals surface area contributed by atoms with Crippen LogP contribution in [-0.4, -0.2) is 77.1 Å². The molecule has 1 saturated carbocycles. The molecule has 1 saturated heterocycles. The molecule has 120 valence electrons. The van der Waals surface area contributed by atoms with Crippen LogP contribution in [-0.2, 0) is 14.6 Å². The highest BCUT2D eigenvalue weighted by Crippen LogP contribution is 2.30. The lowest BCUT2D eigenvalue weighted by Gasteiger charge is -2.37. The van der Waals surface area contributed by atoms with Gasteiger partial charge in [0.2, 0.25) is 0 Å². The van der Waals surface area contributed by atoms with Crippen molar-refractivity contribution in [3.8, 4) is 0 Å². The van der Waals surface area contributed by atoms with E-state index in [9.17, 15) is 18.0 Å². The summed E-state index contributed by atoms with van der Waals surface area (Å²) in [7, 11) is -3.37. The maximum absolute atomic E-state index is 12.6. The molecule has 0 bridgehead atoms. The van der Waals surface area contributed by atoms with E-state index >= 15 is 0 Å². The van der Waals surface area contributed by atoms with Crippen molar-refractivity contribution >= 4 is 33.6 Å². The Morgan fingerprint density at radius 1 is 1.38 bits per heavy atom. The van der Waals surface area contributed by atoms with E-state index in [1.165, 1.54) is 21.6 Å². The highest BCUT2D eigenvalue weighted by molar-refractivity contribution is 8.01. The number of carbonyl (C=O) groups excluding carboxylic acids is 1. The SMILES string of the molecule is CCS(=O)(=O)C1CSCCN1C(=O)N(CC(=O)O)C1CC1. The molecule has 0 spiro atoms. The number of carboxylic acids is 1. The van der Waals surface area contributed by atoms with Crippen LogP contribution in [0.3, 0.4) is 0 Å². The van der Waals surface area contributed by atoms with Gasteiger partial charge in [0.05, 0.1) is 0 Å². The lowest BCUT2D eigenvalue weighted by Crippen LogP contribution is -2.56. The molecule has 1 heterocycles. The Morgan fingerprint density at radius 3 is 2.57 bits per heavy atom. The third-order valence-electron chi connectivity index (χ3n) is 3.69. The van der Waals surface area contributed by atoms with Crippen LogP contribution in [0, 0.1) is 0 Å². The highest BCUT2D eigenvalue weighted by Gasteiger charge is 2.42. The summed E-state index contributed by atoms with van der Waals surface area (Å²) in [5, 5.41) is 8.10. The van der Waals surface area contributed by atoms with Crippen molar-refractivity contribution in [2.45, 2.75) is 31.2 Å². The fourth-order valence-electron chi connectivity index (χ4n) is 2.34. The van der Waals surface area contributed by atoms with Gasteiger partial charge >= 0.3 is 12.0 Å². The predicted octanol–water partition coefficient (Wildman–Crippen LogP) is 0.465. The fourth-order valence-corrected chi connectivity index (χ4v) is 5.30. The first-order valence-electron chi connectivity index (χ1n) is 6.95. The molecule has 2 aliphatic rings. The van der Waals surface area contributed by atoms with Gasteiger partial charge < -0.3 is 14.9 Å². The van der Waals surface area contributed by atoms with Gasteiger partial charge in [0, 0.05) is 29.8 Å². The van der Waals surface area contributed by atoms with Crippen molar-refractivity contribution < 1.29 is 23.1 Å². The average Bonchev–Trinajstić information content (AvgIpc) is 3.28. The van der Waals surface area contributed by atoms with E-state index in [0.29, 0.717) is 18.1 Å². The van der Waals surface area contributed by atoms with Crippen LogP contribution in [0.25, 0.3) is 0 Å².